The van der Waals surface area contributed by atoms with E-state index in [1.807, 2.05) is 6.92 Å². The molecule has 0 saturated carbocycles. The number of fused-ring (bicyclic) bond motifs is 1. The number of halogens is 1. The number of anilines is 1. The van der Waals surface area contributed by atoms with Crippen LogP contribution >= 0.6 is 11.6 Å². The average molecular weight is 382 g/mol. The van der Waals surface area contributed by atoms with Crippen LogP contribution in [0.1, 0.15) is 50.9 Å². The third-order valence-electron chi connectivity index (χ3n) is 3.49. The molecule has 2 rings (SSSR count). The highest BCUT2D eigenvalue weighted by atomic mass is 35.5. The number of unbranched alkanes of at least 4 members (excludes halogenated alkanes) is 1. The van der Waals surface area contributed by atoms with Crippen molar-refractivity contribution in [2.45, 2.75) is 46.1 Å². The molecule has 0 spiro atoms. The third-order valence-corrected chi connectivity index (χ3v) is 3.69. The number of carbonyl (C=O) groups excluding carboxylic acids is 2. The minimum atomic E-state index is -0.643. The van der Waals surface area contributed by atoms with E-state index < -0.39 is 11.7 Å². The monoisotopic (exact) mass is 381 g/mol. The summed E-state index contributed by atoms with van der Waals surface area (Å²) < 4.78 is 6.76. The average Bonchev–Trinajstić information content (AvgIpc) is 2.95. The minimum absolute atomic E-state index is 0.144. The summed E-state index contributed by atoms with van der Waals surface area (Å²) in [5, 5.41) is 7.16. The number of nitrogens with one attached hydrogen (secondary N) is 1. The first-order valence-electron chi connectivity index (χ1n) is 8.43. The van der Waals surface area contributed by atoms with Gasteiger partial charge in [0, 0.05) is 19.7 Å². The summed E-state index contributed by atoms with van der Waals surface area (Å²) in [7, 11) is 1.54. The Bertz CT molecular complexity index is 813. The Hall–Kier alpha value is -2.35. The zero-order valence-electron chi connectivity index (χ0n) is 15.7. The van der Waals surface area contributed by atoms with E-state index in [-0.39, 0.29) is 16.7 Å². The van der Waals surface area contributed by atoms with Crippen LogP contribution in [0.15, 0.2) is 12.3 Å². The first kappa shape index (κ1) is 20.0. The molecule has 0 aliphatic heterocycles. The quantitative estimate of drug-likeness (QED) is 0.634. The van der Waals surface area contributed by atoms with Crippen molar-refractivity contribution in [3.8, 4) is 0 Å². The van der Waals surface area contributed by atoms with Gasteiger partial charge < -0.3 is 10.1 Å². The van der Waals surface area contributed by atoms with Gasteiger partial charge in [0.05, 0.1) is 6.20 Å². The van der Waals surface area contributed by atoms with Crippen molar-refractivity contribution in [1.29, 1.82) is 0 Å². The van der Waals surface area contributed by atoms with Crippen molar-refractivity contribution < 1.29 is 14.3 Å². The number of carbonyl (C=O) groups is 2. The molecule has 0 aliphatic carbocycles. The van der Waals surface area contributed by atoms with Gasteiger partial charge in [0.2, 0.25) is 0 Å². The second-order valence-corrected chi connectivity index (χ2v) is 7.27. The van der Waals surface area contributed by atoms with Crippen LogP contribution in [0.4, 0.5) is 10.6 Å². The molecule has 0 aromatic carbocycles. The molecular formula is C17H24ClN5O3. The zero-order chi connectivity index (χ0) is 19.5. The highest BCUT2D eigenvalue weighted by molar-refractivity contribution is 6.30. The maximum absolute atomic E-state index is 12.4. The molecule has 142 valence electrons. The summed E-state index contributed by atoms with van der Waals surface area (Å²) in [6.07, 6.45) is 2.70. The van der Waals surface area contributed by atoms with Crippen LogP contribution in [0.5, 0.6) is 0 Å². The number of amides is 2. The number of ether oxygens (including phenoxy) is 1. The molecule has 9 heteroatoms. The fraction of sp³-hybridized carbons (Fsp3) is 0.529. The molecule has 26 heavy (non-hydrogen) atoms. The second kappa shape index (κ2) is 7.90. The lowest BCUT2D eigenvalue weighted by Gasteiger charge is -2.24. The molecule has 0 saturated heterocycles. The standard InChI is InChI=1S/C17H24ClN5O3/c1-6-7-8-19-15(24)11-10-20-23-13(9-12(18)21-14(11)23)22(5)16(25)26-17(2,3)4/h9-10H,6-8H2,1-5H3,(H,19,24). The van der Waals surface area contributed by atoms with Crippen LogP contribution in [0.3, 0.4) is 0 Å². The van der Waals surface area contributed by atoms with Gasteiger partial charge in [-0.1, -0.05) is 24.9 Å². The Morgan fingerprint density at radius 1 is 1.38 bits per heavy atom. The van der Waals surface area contributed by atoms with Gasteiger partial charge in [0.15, 0.2) is 5.65 Å². The molecule has 2 aromatic heterocycles. The van der Waals surface area contributed by atoms with Gasteiger partial charge in [-0.25, -0.2) is 9.78 Å². The number of aromatic nitrogens is 3. The van der Waals surface area contributed by atoms with Crippen molar-refractivity contribution in [3.63, 3.8) is 0 Å². The summed E-state index contributed by atoms with van der Waals surface area (Å²) >= 11 is 6.10. The van der Waals surface area contributed by atoms with Crippen LogP contribution in [0.2, 0.25) is 5.15 Å². The van der Waals surface area contributed by atoms with Gasteiger partial charge >= 0.3 is 6.09 Å². The Morgan fingerprint density at radius 2 is 2.08 bits per heavy atom. The highest BCUT2D eigenvalue weighted by Gasteiger charge is 2.24. The zero-order valence-corrected chi connectivity index (χ0v) is 16.4. The molecule has 0 fully saturated rings. The van der Waals surface area contributed by atoms with E-state index in [4.69, 9.17) is 16.3 Å². The topological polar surface area (TPSA) is 88.8 Å². The fourth-order valence-electron chi connectivity index (χ4n) is 2.22. The smallest absolute Gasteiger partial charge is 0.415 e. The van der Waals surface area contributed by atoms with Gasteiger partial charge in [0.1, 0.15) is 22.1 Å². The molecule has 1 N–H and O–H groups in total. The molecule has 0 aliphatic rings. The molecule has 2 aromatic rings. The van der Waals surface area contributed by atoms with Gasteiger partial charge in [-0.15, -0.1) is 0 Å². The van der Waals surface area contributed by atoms with Crippen LogP contribution < -0.4 is 10.2 Å². The largest absolute Gasteiger partial charge is 0.443 e. The van der Waals surface area contributed by atoms with Crippen LogP contribution in [-0.4, -0.2) is 45.8 Å². The van der Waals surface area contributed by atoms with E-state index in [0.29, 0.717) is 17.9 Å². The first-order chi connectivity index (χ1) is 12.1. The maximum Gasteiger partial charge on any atom is 0.415 e. The molecule has 0 unspecified atom stereocenters. The molecule has 0 radical (unpaired) electrons. The molecular weight excluding hydrogens is 358 g/mol. The number of nitrogens with zero attached hydrogens (tertiary/aromatic N) is 4. The van der Waals surface area contributed by atoms with Crippen molar-refractivity contribution in [1.82, 2.24) is 19.9 Å². The Balaban J connectivity index is 2.37. The van der Waals surface area contributed by atoms with E-state index in [0.717, 1.165) is 12.8 Å². The summed E-state index contributed by atoms with van der Waals surface area (Å²) in [5.74, 6) is 0.0657. The van der Waals surface area contributed by atoms with E-state index in [1.54, 1.807) is 27.8 Å². The minimum Gasteiger partial charge on any atom is -0.443 e. The first-order valence-corrected chi connectivity index (χ1v) is 8.81. The second-order valence-electron chi connectivity index (χ2n) is 6.88. The Morgan fingerprint density at radius 3 is 2.69 bits per heavy atom. The van der Waals surface area contributed by atoms with Gasteiger partial charge in [-0.3, -0.25) is 9.69 Å². The van der Waals surface area contributed by atoms with E-state index in [1.165, 1.54) is 21.7 Å². The number of rotatable bonds is 5. The SMILES string of the molecule is CCCCNC(=O)c1cnn2c(N(C)C(=O)OC(C)(C)C)cc(Cl)nc12. The molecule has 0 atom stereocenters. The summed E-state index contributed by atoms with van der Waals surface area (Å²) in [4.78, 5) is 30.2. The summed E-state index contributed by atoms with van der Waals surface area (Å²) in [6.45, 7) is 7.95. The van der Waals surface area contributed by atoms with Crippen LogP contribution in [0, 0.1) is 0 Å². The molecule has 2 heterocycles. The maximum atomic E-state index is 12.4. The van der Waals surface area contributed by atoms with E-state index in [2.05, 4.69) is 15.4 Å². The van der Waals surface area contributed by atoms with Gasteiger partial charge in [-0.2, -0.15) is 9.61 Å². The van der Waals surface area contributed by atoms with Crippen molar-refractivity contribution in [2.75, 3.05) is 18.5 Å². The lowest BCUT2D eigenvalue weighted by Crippen LogP contribution is -2.35. The van der Waals surface area contributed by atoms with E-state index >= 15 is 0 Å². The highest BCUT2D eigenvalue weighted by Crippen LogP contribution is 2.23. The van der Waals surface area contributed by atoms with Crippen molar-refractivity contribution in [3.05, 3.63) is 23.0 Å². The predicted octanol–water partition coefficient (Wildman–Crippen LogP) is 3.28. The van der Waals surface area contributed by atoms with Crippen LogP contribution in [0.25, 0.3) is 5.65 Å². The van der Waals surface area contributed by atoms with E-state index in [9.17, 15) is 9.59 Å². The number of hydrogen-bond acceptors (Lipinski definition) is 5. The molecule has 2 amide bonds. The molecule has 0 bridgehead atoms. The third kappa shape index (κ3) is 4.63. The Kier molecular flexibility index (Phi) is 6.07. The van der Waals surface area contributed by atoms with Gasteiger partial charge in [0.25, 0.3) is 5.91 Å². The van der Waals surface area contributed by atoms with Crippen molar-refractivity contribution in [2.24, 2.45) is 0 Å². The predicted molar refractivity (Wildman–Crippen MR) is 99.9 cm³/mol. The van der Waals surface area contributed by atoms with Crippen molar-refractivity contribution >= 4 is 35.1 Å². The van der Waals surface area contributed by atoms with Crippen LogP contribution in [-0.2, 0) is 4.74 Å². The number of hydrogen-bond donors (Lipinski definition) is 1. The molecule has 8 nitrogen and oxygen atoms in total. The lowest BCUT2D eigenvalue weighted by molar-refractivity contribution is 0.0587. The summed E-state index contributed by atoms with van der Waals surface area (Å²) in [6, 6.07) is 1.49. The Labute approximate surface area is 157 Å². The fourth-order valence-corrected chi connectivity index (χ4v) is 2.39. The normalized spacial score (nSPS) is 11.5. The van der Waals surface area contributed by atoms with Gasteiger partial charge in [-0.05, 0) is 27.2 Å². The summed E-state index contributed by atoms with van der Waals surface area (Å²) in [5.41, 5.74) is -0.0743. The lowest BCUT2D eigenvalue weighted by atomic mass is 10.2.